The number of ether oxygens (including phenoxy) is 1. The maximum absolute atomic E-state index is 5.57. The molecule has 0 N–H and O–H groups in total. The average molecular weight is 356 g/mol. The normalized spacial score (nSPS) is 21.9. The minimum absolute atomic E-state index is 0.658. The van der Waals surface area contributed by atoms with E-state index in [1.165, 1.54) is 63.7 Å². The minimum atomic E-state index is 0.658. The summed E-state index contributed by atoms with van der Waals surface area (Å²) in [4.78, 5) is 4.35. The second-order valence-corrected chi connectivity index (χ2v) is 8.54. The molecule has 134 valence electrons. The van der Waals surface area contributed by atoms with Gasteiger partial charge in [0.25, 0.3) is 0 Å². The first-order valence-corrected chi connectivity index (χ1v) is 10.6. The van der Waals surface area contributed by atoms with Crippen LogP contribution in [0.25, 0.3) is 0 Å². The third kappa shape index (κ3) is 3.78. The second-order valence-electron chi connectivity index (χ2n) is 7.53. The van der Waals surface area contributed by atoms with Gasteiger partial charge in [-0.1, -0.05) is 18.2 Å². The van der Waals surface area contributed by atoms with E-state index in [1.54, 1.807) is 17.6 Å². The molecule has 25 heavy (non-hydrogen) atoms. The Bertz CT molecular complexity index is 687. The van der Waals surface area contributed by atoms with E-state index < -0.39 is 0 Å². The molecule has 0 radical (unpaired) electrons. The van der Waals surface area contributed by atoms with Crippen molar-refractivity contribution in [3.8, 4) is 5.75 Å². The summed E-state index contributed by atoms with van der Waals surface area (Å²) < 4.78 is 5.57. The Morgan fingerprint density at radius 1 is 1.08 bits per heavy atom. The second kappa shape index (κ2) is 7.92. The predicted molar refractivity (Wildman–Crippen MR) is 106 cm³/mol. The van der Waals surface area contributed by atoms with Crippen LogP contribution in [0.4, 0.5) is 0 Å². The molecule has 1 aliphatic heterocycles. The van der Waals surface area contributed by atoms with Gasteiger partial charge in [-0.2, -0.15) is 0 Å². The molecule has 1 aromatic heterocycles. The lowest BCUT2D eigenvalue weighted by atomic mass is 9.85. The number of thiophene rings is 1. The van der Waals surface area contributed by atoms with Gasteiger partial charge in [-0.25, -0.2) is 0 Å². The topological polar surface area (TPSA) is 12.5 Å². The summed E-state index contributed by atoms with van der Waals surface area (Å²) >= 11 is 1.97. The third-order valence-electron chi connectivity index (χ3n) is 6.14. The van der Waals surface area contributed by atoms with Gasteiger partial charge in [-0.3, -0.25) is 0 Å². The van der Waals surface area contributed by atoms with Crippen molar-refractivity contribution in [1.29, 1.82) is 0 Å². The van der Waals surface area contributed by atoms with Gasteiger partial charge in [0.15, 0.2) is 0 Å². The van der Waals surface area contributed by atoms with Gasteiger partial charge in [-0.05, 0) is 98.6 Å². The zero-order chi connectivity index (χ0) is 17.1. The molecule has 2 aromatic rings. The van der Waals surface area contributed by atoms with E-state index >= 15 is 0 Å². The molecule has 1 saturated heterocycles. The van der Waals surface area contributed by atoms with Gasteiger partial charge in [0.2, 0.25) is 0 Å². The number of aryl methyl sites for hydroxylation is 1. The molecule has 1 aliphatic carbocycles. The van der Waals surface area contributed by atoms with Crippen LogP contribution in [0.15, 0.2) is 35.7 Å². The zero-order valence-corrected chi connectivity index (χ0v) is 16.1. The zero-order valence-electron chi connectivity index (χ0n) is 15.2. The summed E-state index contributed by atoms with van der Waals surface area (Å²) in [6.45, 7) is 3.72. The van der Waals surface area contributed by atoms with Crippen molar-refractivity contribution in [2.45, 2.75) is 50.4 Å². The molecule has 0 saturated carbocycles. The number of methoxy groups -OCH3 is 1. The van der Waals surface area contributed by atoms with Crippen LogP contribution in [-0.4, -0.2) is 31.6 Å². The summed E-state index contributed by atoms with van der Waals surface area (Å²) in [5.74, 6) is 2.53. The molecule has 0 spiro atoms. The number of nitrogens with zero attached hydrogens (tertiary/aromatic N) is 1. The van der Waals surface area contributed by atoms with E-state index in [-0.39, 0.29) is 0 Å². The molecule has 1 aromatic carbocycles. The standard InChI is InChI=1S/C22H29NOS/c1-24-21-7-3-2-6-19(21)18-10-14-23(15-11-18)13-9-17-5-4-8-22-20(17)12-16-25-22/h2-3,6-7,12,16-18H,4-5,8-11,13-15H2,1H3. The van der Waals surface area contributed by atoms with Crippen molar-refractivity contribution in [3.63, 3.8) is 0 Å². The number of rotatable bonds is 5. The van der Waals surface area contributed by atoms with Crippen molar-refractivity contribution in [2.75, 3.05) is 26.7 Å². The molecule has 0 amide bonds. The van der Waals surface area contributed by atoms with Gasteiger partial charge < -0.3 is 9.64 Å². The largest absolute Gasteiger partial charge is 0.496 e. The summed E-state index contributed by atoms with van der Waals surface area (Å²) in [6.07, 6.45) is 7.94. The third-order valence-corrected chi connectivity index (χ3v) is 7.13. The highest BCUT2D eigenvalue weighted by Gasteiger charge is 2.25. The predicted octanol–water partition coefficient (Wildman–Crippen LogP) is 5.45. The number of para-hydroxylation sites is 1. The maximum Gasteiger partial charge on any atom is 0.122 e. The summed E-state index contributed by atoms with van der Waals surface area (Å²) in [6, 6.07) is 11.0. The first-order valence-electron chi connectivity index (χ1n) is 9.76. The number of fused-ring (bicyclic) bond motifs is 1. The van der Waals surface area contributed by atoms with Gasteiger partial charge >= 0.3 is 0 Å². The molecule has 2 aliphatic rings. The van der Waals surface area contributed by atoms with Crippen molar-refractivity contribution in [3.05, 3.63) is 51.7 Å². The molecule has 4 rings (SSSR count). The van der Waals surface area contributed by atoms with Crippen molar-refractivity contribution < 1.29 is 4.74 Å². The van der Waals surface area contributed by atoms with Gasteiger partial charge in [0.05, 0.1) is 7.11 Å². The minimum Gasteiger partial charge on any atom is -0.496 e. The van der Waals surface area contributed by atoms with Crippen LogP contribution in [0.3, 0.4) is 0 Å². The number of piperidine rings is 1. The van der Waals surface area contributed by atoms with Crippen LogP contribution in [0.1, 0.15) is 59.9 Å². The summed E-state index contributed by atoms with van der Waals surface area (Å²) in [5, 5.41) is 2.29. The molecule has 1 unspecified atom stereocenters. The average Bonchev–Trinajstić information content (AvgIpc) is 3.16. The number of hydrogen-bond acceptors (Lipinski definition) is 3. The van der Waals surface area contributed by atoms with E-state index in [2.05, 4.69) is 40.6 Å². The monoisotopic (exact) mass is 355 g/mol. The van der Waals surface area contributed by atoms with E-state index in [4.69, 9.17) is 4.74 Å². The Labute approximate surface area is 155 Å². The maximum atomic E-state index is 5.57. The van der Waals surface area contributed by atoms with Gasteiger partial charge in [0.1, 0.15) is 5.75 Å². The number of hydrogen-bond donors (Lipinski definition) is 0. The molecule has 2 heterocycles. The van der Waals surface area contributed by atoms with Crippen LogP contribution in [0, 0.1) is 0 Å². The van der Waals surface area contributed by atoms with Crippen LogP contribution in [-0.2, 0) is 6.42 Å². The highest BCUT2D eigenvalue weighted by molar-refractivity contribution is 7.10. The molecule has 3 heteroatoms. The van der Waals surface area contributed by atoms with E-state index in [1.807, 2.05) is 11.3 Å². The smallest absolute Gasteiger partial charge is 0.122 e. The van der Waals surface area contributed by atoms with Crippen LogP contribution in [0.2, 0.25) is 0 Å². The fraction of sp³-hybridized carbons (Fsp3) is 0.545. The Morgan fingerprint density at radius 3 is 2.76 bits per heavy atom. The number of likely N-dealkylation sites (tertiary alicyclic amines) is 1. The van der Waals surface area contributed by atoms with Gasteiger partial charge in [0, 0.05) is 4.88 Å². The van der Waals surface area contributed by atoms with Crippen LogP contribution < -0.4 is 4.74 Å². The summed E-state index contributed by atoms with van der Waals surface area (Å²) in [5.41, 5.74) is 3.07. The molecule has 0 bridgehead atoms. The van der Waals surface area contributed by atoms with Crippen molar-refractivity contribution in [1.82, 2.24) is 4.90 Å². The number of benzene rings is 1. The lowest BCUT2D eigenvalue weighted by Crippen LogP contribution is -2.34. The Morgan fingerprint density at radius 2 is 1.92 bits per heavy atom. The fourth-order valence-corrected chi connectivity index (χ4v) is 5.70. The van der Waals surface area contributed by atoms with E-state index in [0.29, 0.717) is 5.92 Å². The van der Waals surface area contributed by atoms with E-state index in [0.717, 1.165) is 11.7 Å². The molecule has 1 atom stereocenters. The molecule has 2 nitrogen and oxygen atoms in total. The highest BCUT2D eigenvalue weighted by Crippen LogP contribution is 2.38. The van der Waals surface area contributed by atoms with Crippen LogP contribution >= 0.6 is 11.3 Å². The highest BCUT2D eigenvalue weighted by atomic mass is 32.1. The Balaban J connectivity index is 1.30. The Hall–Kier alpha value is -1.32. The van der Waals surface area contributed by atoms with E-state index in [9.17, 15) is 0 Å². The van der Waals surface area contributed by atoms with Crippen molar-refractivity contribution in [2.24, 2.45) is 0 Å². The summed E-state index contributed by atoms with van der Waals surface area (Å²) in [7, 11) is 1.79. The molecular formula is C22H29NOS. The molecule has 1 fully saturated rings. The quantitative estimate of drug-likeness (QED) is 0.707. The Kier molecular flexibility index (Phi) is 5.42. The fourth-order valence-electron chi connectivity index (χ4n) is 4.69. The first kappa shape index (κ1) is 17.1. The first-order chi connectivity index (χ1) is 12.3. The molecular weight excluding hydrogens is 326 g/mol. The SMILES string of the molecule is COc1ccccc1C1CCN(CCC2CCCc3sccc32)CC1. The lowest BCUT2D eigenvalue weighted by Gasteiger charge is -2.34. The van der Waals surface area contributed by atoms with Crippen molar-refractivity contribution >= 4 is 11.3 Å². The van der Waals surface area contributed by atoms with Gasteiger partial charge in [-0.15, -0.1) is 11.3 Å². The lowest BCUT2D eigenvalue weighted by molar-refractivity contribution is 0.202. The van der Waals surface area contributed by atoms with Crippen LogP contribution in [0.5, 0.6) is 5.75 Å².